The summed E-state index contributed by atoms with van der Waals surface area (Å²) in [5.74, 6) is 5.35. The van der Waals surface area contributed by atoms with E-state index in [-0.39, 0.29) is 23.8 Å². The van der Waals surface area contributed by atoms with Gasteiger partial charge in [0.25, 0.3) is 5.91 Å². The van der Waals surface area contributed by atoms with Crippen LogP contribution in [0.5, 0.6) is 0 Å². The molecule has 21 heavy (non-hydrogen) atoms. The van der Waals surface area contributed by atoms with E-state index in [2.05, 4.69) is 22.5 Å². The van der Waals surface area contributed by atoms with Crippen LogP contribution in [-0.2, 0) is 4.79 Å². The van der Waals surface area contributed by atoms with Gasteiger partial charge >= 0.3 is 0 Å². The maximum Gasteiger partial charge on any atom is 0.261 e. The van der Waals surface area contributed by atoms with Crippen molar-refractivity contribution in [3.05, 3.63) is 21.9 Å². The Bertz CT molecular complexity index is 561. The Kier molecular flexibility index (Phi) is 6.40. The molecule has 0 saturated heterocycles. The number of hydrogen-bond donors (Lipinski definition) is 3. The largest absolute Gasteiger partial charge is 0.351 e. The molecule has 0 aliphatic heterocycles. The van der Waals surface area contributed by atoms with Gasteiger partial charge in [-0.05, 0) is 32.9 Å². The van der Waals surface area contributed by atoms with E-state index in [1.807, 2.05) is 20.8 Å². The van der Waals surface area contributed by atoms with E-state index in [9.17, 15) is 9.59 Å². The molecule has 114 valence electrons. The first-order chi connectivity index (χ1) is 9.81. The van der Waals surface area contributed by atoms with Crippen LogP contribution in [-0.4, -0.2) is 30.4 Å². The summed E-state index contributed by atoms with van der Waals surface area (Å²) in [6.45, 7) is 6.35. The summed E-state index contributed by atoms with van der Waals surface area (Å²) in [4.78, 5) is 24.9. The van der Waals surface area contributed by atoms with Crippen LogP contribution >= 0.6 is 11.3 Å². The molecule has 0 fully saturated rings. The van der Waals surface area contributed by atoms with Gasteiger partial charge in [-0.2, -0.15) is 0 Å². The minimum Gasteiger partial charge on any atom is -0.351 e. The lowest BCUT2D eigenvalue weighted by Crippen LogP contribution is -2.41. The van der Waals surface area contributed by atoms with Gasteiger partial charge in [-0.25, -0.2) is 0 Å². The lowest BCUT2D eigenvalue weighted by atomic mass is 10.1. The normalized spacial score (nSPS) is 10.5. The first-order valence-corrected chi connectivity index (χ1v) is 7.51. The average Bonchev–Trinajstić information content (AvgIpc) is 2.82. The van der Waals surface area contributed by atoms with Gasteiger partial charge in [0.05, 0.1) is 16.3 Å². The molecule has 0 saturated carbocycles. The van der Waals surface area contributed by atoms with Crippen molar-refractivity contribution >= 4 is 23.2 Å². The lowest BCUT2D eigenvalue weighted by molar-refractivity contribution is -0.122. The first-order valence-electron chi connectivity index (χ1n) is 6.70. The molecular formula is C15H21N3O2S. The monoisotopic (exact) mass is 307 g/mol. The summed E-state index contributed by atoms with van der Waals surface area (Å²) < 4.78 is 0. The number of amides is 2. The molecule has 6 heteroatoms. The summed E-state index contributed by atoms with van der Waals surface area (Å²) in [7, 11) is 0. The Hall–Kier alpha value is -1.84. The maximum atomic E-state index is 11.9. The third kappa shape index (κ3) is 6.93. The smallest absolute Gasteiger partial charge is 0.261 e. The quantitative estimate of drug-likeness (QED) is 0.728. The van der Waals surface area contributed by atoms with Crippen molar-refractivity contribution in [3.63, 3.8) is 0 Å². The van der Waals surface area contributed by atoms with Crippen LogP contribution in [0.15, 0.2) is 12.1 Å². The van der Waals surface area contributed by atoms with Gasteiger partial charge in [-0.3, -0.25) is 9.59 Å². The number of nitrogens with one attached hydrogen (secondary N) is 2. The van der Waals surface area contributed by atoms with Gasteiger partial charge < -0.3 is 16.4 Å². The molecule has 0 aliphatic carbocycles. The topological polar surface area (TPSA) is 84.2 Å². The van der Waals surface area contributed by atoms with Gasteiger partial charge in [-0.15, -0.1) is 11.3 Å². The van der Waals surface area contributed by atoms with Crippen LogP contribution in [0.3, 0.4) is 0 Å². The van der Waals surface area contributed by atoms with Crippen LogP contribution in [0.1, 0.15) is 41.7 Å². The molecule has 4 N–H and O–H groups in total. The number of carbonyl (C=O) groups is 2. The highest BCUT2D eigenvalue weighted by molar-refractivity contribution is 7.14. The van der Waals surface area contributed by atoms with Crippen molar-refractivity contribution in [2.24, 2.45) is 5.73 Å². The van der Waals surface area contributed by atoms with Gasteiger partial charge in [0.1, 0.15) is 0 Å². The van der Waals surface area contributed by atoms with E-state index in [0.717, 1.165) is 4.88 Å². The molecule has 1 aromatic heterocycles. The van der Waals surface area contributed by atoms with Gasteiger partial charge in [0.2, 0.25) is 5.91 Å². The Morgan fingerprint density at radius 1 is 1.33 bits per heavy atom. The van der Waals surface area contributed by atoms with E-state index >= 15 is 0 Å². The molecule has 1 heterocycles. The highest BCUT2D eigenvalue weighted by Crippen LogP contribution is 2.15. The molecule has 0 spiro atoms. The predicted octanol–water partition coefficient (Wildman–Crippen LogP) is 1.09. The van der Waals surface area contributed by atoms with Gasteiger partial charge in [0, 0.05) is 18.5 Å². The van der Waals surface area contributed by atoms with Crippen LogP contribution in [0.25, 0.3) is 0 Å². The standard InChI is InChI=1S/C15H21N3O2S/c1-15(2,3)18-13(19)8-10-17-14(20)12-7-6-11(21-12)5-4-9-16/h6-7H,8-10,16H2,1-3H3,(H,17,20)(H,18,19). The second-order valence-corrected chi connectivity index (χ2v) is 6.56. The van der Waals surface area contributed by atoms with E-state index in [1.165, 1.54) is 11.3 Å². The highest BCUT2D eigenvalue weighted by atomic mass is 32.1. The molecule has 1 aromatic rings. The van der Waals surface area contributed by atoms with Crippen molar-refractivity contribution in [2.45, 2.75) is 32.7 Å². The summed E-state index contributed by atoms with van der Waals surface area (Å²) in [5.41, 5.74) is 5.04. The third-order valence-corrected chi connectivity index (χ3v) is 3.29. The average molecular weight is 307 g/mol. The van der Waals surface area contributed by atoms with Crippen molar-refractivity contribution in [1.29, 1.82) is 0 Å². The fourth-order valence-corrected chi connectivity index (χ4v) is 2.32. The zero-order valence-corrected chi connectivity index (χ0v) is 13.4. The summed E-state index contributed by atoms with van der Waals surface area (Å²) in [5, 5.41) is 5.56. The fraction of sp³-hybridized carbons (Fsp3) is 0.467. The Balaban J connectivity index is 2.40. The van der Waals surface area contributed by atoms with E-state index < -0.39 is 0 Å². The summed E-state index contributed by atoms with van der Waals surface area (Å²) >= 11 is 1.31. The second kappa shape index (κ2) is 7.81. The highest BCUT2D eigenvalue weighted by Gasteiger charge is 2.14. The number of hydrogen-bond acceptors (Lipinski definition) is 4. The van der Waals surface area contributed by atoms with Crippen molar-refractivity contribution in [2.75, 3.05) is 13.1 Å². The van der Waals surface area contributed by atoms with Crippen LogP contribution < -0.4 is 16.4 Å². The number of rotatable bonds is 4. The second-order valence-electron chi connectivity index (χ2n) is 5.47. The molecule has 1 rings (SSSR count). The Morgan fingerprint density at radius 2 is 2.05 bits per heavy atom. The molecule has 0 atom stereocenters. The van der Waals surface area contributed by atoms with Crippen LogP contribution in [0.2, 0.25) is 0 Å². The van der Waals surface area contributed by atoms with Crippen LogP contribution in [0, 0.1) is 11.8 Å². The van der Waals surface area contributed by atoms with Gasteiger partial charge in [0.15, 0.2) is 0 Å². The number of thiophene rings is 1. The summed E-state index contributed by atoms with van der Waals surface area (Å²) in [6.07, 6.45) is 0.258. The van der Waals surface area contributed by atoms with E-state index in [1.54, 1.807) is 12.1 Å². The predicted molar refractivity (Wildman–Crippen MR) is 85.1 cm³/mol. The van der Waals surface area contributed by atoms with E-state index in [0.29, 0.717) is 18.0 Å². The lowest BCUT2D eigenvalue weighted by Gasteiger charge is -2.20. The minimum atomic E-state index is -0.259. The molecule has 0 radical (unpaired) electrons. The molecule has 5 nitrogen and oxygen atoms in total. The molecule has 0 unspecified atom stereocenters. The number of nitrogens with two attached hydrogens (primary N) is 1. The van der Waals surface area contributed by atoms with Crippen molar-refractivity contribution in [1.82, 2.24) is 10.6 Å². The summed E-state index contributed by atoms with van der Waals surface area (Å²) in [6, 6.07) is 3.50. The molecule has 2 amide bonds. The van der Waals surface area contributed by atoms with Crippen LogP contribution in [0.4, 0.5) is 0 Å². The zero-order valence-electron chi connectivity index (χ0n) is 12.6. The fourth-order valence-electron chi connectivity index (χ4n) is 1.52. The Morgan fingerprint density at radius 3 is 2.67 bits per heavy atom. The van der Waals surface area contributed by atoms with Gasteiger partial charge in [-0.1, -0.05) is 11.8 Å². The molecule has 0 aliphatic rings. The minimum absolute atomic E-state index is 0.0801. The van der Waals surface area contributed by atoms with Crippen molar-refractivity contribution in [3.8, 4) is 11.8 Å². The van der Waals surface area contributed by atoms with E-state index in [4.69, 9.17) is 5.73 Å². The SMILES string of the molecule is CC(C)(C)NC(=O)CCNC(=O)c1ccc(C#CCN)s1. The maximum absolute atomic E-state index is 11.9. The Labute approximate surface area is 129 Å². The molecule has 0 aromatic carbocycles. The molecular weight excluding hydrogens is 286 g/mol. The first kappa shape index (κ1) is 17.2. The zero-order chi connectivity index (χ0) is 15.9. The number of carbonyl (C=O) groups excluding carboxylic acids is 2. The van der Waals surface area contributed by atoms with Crippen molar-refractivity contribution < 1.29 is 9.59 Å². The third-order valence-electron chi connectivity index (χ3n) is 2.30. The molecule has 0 bridgehead atoms.